The minimum atomic E-state index is -0.195. The summed E-state index contributed by atoms with van der Waals surface area (Å²) in [7, 11) is 1.66. The molecule has 0 saturated heterocycles. The number of benzene rings is 1. The second-order valence-corrected chi connectivity index (χ2v) is 10.5. The molecule has 0 aliphatic heterocycles. The topological polar surface area (TPSA) is 124 Å². The molecule has 188 valence electrons. The Hall–Kier alpha value is -3.83. The number of rotatable bonds is 6. The van der Waals surface area contributed by atoms with Gasteiger partial charge < -0.3 is 14.6 Å². The van der Waals surface area contributed by atoms with Crippen LogP contribution in [-0.4, -0.2) is 53.8 Å². The average molecular weight is 535 g/mol. The number of carbonyl (C=O) groups is 1. The summed E-state index contributed by atoms with van der Waals surface area (Å²) < 4.78 is 8.43. The van der Waals surface area contributed by atoms with Crippen molar-refractivity contribution < 1.29 is 9.53 Å². The third-order valence-electron chi connectivity index (χ3n) is 6.59. The highest BCUT2D eigenvalue weighted by atomic mass is 35.5. The van der Waals surface area contributed by atoms with E-state index in [1.807, 2.05) is 30.3 Å². The van der Waals surface area contributed by atoms with Gasteiger partial charge in [0.15, 0.2) is 10.8 Å². The van der Waals surface area contributed by atoms with E-state index in [0.717, 1.165) is 53.9 Å². The lowest BCUT2D eigenvalue weighted by Gasteiger charge is -2.32. The highest BCUT2D eigenvalue weighted by Gasteiger charge is 2.30. The van der Waals surface area contributed by atoms with Crippen molar-refractivity contribution in [2.24, 2.45) is 0 Å². The zero-order valence-corrected chi connectivity index (χ0v) is 21.5. The van der Waals surface area contributed by atoms with Crippen LogP contribution >= 0.6 is 22.9 Å². The molecule has 2 atom stereocenters. The van der Waals surface area contributed by atoms with Gasteiger partial charge in [-0.3, -0.25) is 14.9 Å². The summed E-state index contributed by atoms with van der Waals surface area (Å²) in [5.74, 6) is 1.86. The first-order chi connectivity index (χ1) is 18.1. The minimum Gasteiger partial charge on any atom is -0.496 e. The molecule has 37 heavy (non-hydrogen) atoms. The van der Waals surface area contributed by atoms with Gasteiger partial charge >= 0.3 is 0 Å². The molecule has 0 bridgehead atoms. The van der Waals surface area contributed by atoms with Gasteiger partial charge in [-0.25, -0.2) is 15.0 Å². The van der Waals surface area contributed by atoms with E-state index in [1.165, 1.54) is 23.9 Å². The van der Waals surface area contributed by atoms with E-state index in [-0.39, 0.29) is 18.0 Å². The average Bonchev–Trinajstić information content (AvgIpc) is 3.68. The highest BCUT2D eigenvalue weighted by molar-refractivity contribution is 7.17. The standard InChI is InChI=1S/C25H23ClN8O2S/c1-36-20-8-3-2-7-16(20)23-32-18-11-27-17(22-29-13-30-33-22)10-19(18)34(23)15-6-4-5-14(9-15)31-24(35)25-28-12-21(26)37-25/h2-3,7-8,10-15H,4-6,9H2,1H3,(H,31,35)(H,29,30,33)/t14-,15+/m0/s1. The molecule has 0 spiro atoms. The number of imidazole rings is 1. The Morgan fingerprint density at radius 2 is 2.11 bits per heavy atom. The molecule has 4 heterocycles. The fourth-order valence-electron chi connectivity index (χ4n) is 4.98. The van der Waals surface area contributed by atoms with Crippen molar-refractivity contribution in [3.8, 4) is 28.7 Å². The molecule has 0 radical (unpaired) electrons. The Bertz CT molecular complexity index is 1560. The first-order valence-electron chi connectivity index (χ1n) is 11.9. The summed E-state index contributed by atoms with van der Waals surface area (Å²) in [6.45, 7) is 0. The van der Waals surface area contributed by atoms with Crippen molar-refractivity contribution in [2.45, 2.75) is 37.8 Å². The number of methoxy groups -OCH3 is 1. The molecule has 1 aliphatic carbocycles. The number of aromatic nitrogens is 7. The van der Waals surface area contributed by atoms with Crippen LogP contribution in [0.3, 0.4) is 0 Å². The fraction of sp³-hybridized carbons (Fsp3) is 0.280. The Labute approximate surface area is 221 Å². The largest absolute Gasteiger partial charge is 0.496 e. The van der Waals surface area contributed by atoms with Crippen LogP contribution in [0.2, 0.25) is 4.34 Å². The fourth-order valence-corrected chi connectivity index (χ4v) is 5.79. The lowest BCUT2D eigenvalue weighted by Crippen LogP contribution is -2.39. The number of fused-ring (bicyclic) bond motifs is 1. The summed E-state index contributed by atoms with van der Waals surface area (Å²) >= 11 is 7.16. The van der Waals surface area contributed by atoms with E-state index in [4.69, 9.17) is 21.3 Å². The number of ether oxygens (including phenoxy) is 1. The van der Waals surface area contributed by atoms with Gasteiger partial charge in [0.2, 0.25) is 0 Å². The molecule has 5 aromatic rings. The van der Waals surface area contributed by atoms with Gasteiger partial charge in [-0.15, -0.1) is 0 Å². The molecule has 1 aliphatic rings. The number of aromatic amines is 1. The number of nitrogens with one attached hydrogen (secondary N) is 2. The van der Waals surface area contributed by atoms with Crippen molar-refractivity contribution in [2.75, 3.05) is 7.11 Å². The highest BCUT2D eigenvalue weighted by Crippen LogP contribution is 2.39. The molecule has 12 heteroatoms. The van der Waals surface area contributed by atoms with Crippen LogP contribution in [0.1, 0.15) is 41.5 Å². The second kappa shape index (κ2) is 9.91. The first-order valence-corrected chi connectivity index (χ1v) is 13.1. The smallest absolute Gasteiger partial charge is 0.280 e. The van der Waals surface area contributed by atoms with E-state index < -0.39 is 0 Å². The molecule has 4 aromatic heterocycles. The van der Waals surface area contributed by atoms with E-state index in [1.54, 1.807) is 13.3 Å². The van der Waals surface area contributed by atoms with E-state index >= 15 is 0 Å². The Morgan fingerprint density at radius 1 is 1.22 bits per heavy atom. The predicted octanol–water partition coefficient (Wildman–Crippen LogP) is 4.92. The van der Waals surface area contributed by atoms with Crippen molar-refractivity contribution in [1.29, 1.82) is 0 Å². The van der Waals surface area contributed by atoms with Crippen LogP contribution in [0.5, 0.6) is 5.75 Å². The lowest BCUT2D eigenvalue weighted by atomic mass is 9.90. The van der Waals surface area contributed by atoms with Crippen molar-refractivity contribution >= 4 is 39.9 Å². The van der Waals surface area contributed by atoms with Crippen LogP contribution in [0.25, 0.3) is 33.9 Å². The molecule has 6 rings (SSSR count). The lowest BCUT2D eigenvalue weighted by molar-refractivity contribution is 0.0920. The third kappa shape index (κ3) is 4.56. The number of pyridine rings is 1. The molecule has 1 amide bonds. The van der Waals surface area contributed by atoms with Crippen LogP contribution in [0.15, 0.2) is 49.1 Å². The van der Waals surface area contributed by atoms with Crippen molar-refractivity contribution in [3.05, 3.63) is 58.4 Å². The van der Waals surface area contributed by atoms with Crippen LogP contribution in [-0.2, 0) is 0 Å². The zero-order chi connectivity index (χ0) is 25.4. The minimum absolute atomic E-state index is 0.00814. The molecule has 1 fully saturated rings. The Balaban J connectivity index is 1.41. The van der Waals surface area contributed by atoms with Gasteiger partial charge in [-0.2, -0.15) is 5.10 Å². The first kappa shape index (κ1) is 23.6. The Morgan fingerprint density at radius 3 is 2.89 bits per heavy atom. The zero-order valence-electron chi connectivity index (χ0n) is 19.9. The number of H-pyrrole nitrogens is 1. The van der Waals surface area contributed by atoms with Gasteiger partial charge in [0.05, 0.1) is 30.6 Å². The summed E-state index contributed by atoms with van der Waals surface area (Å²) in [6.07, 6.45) is 8.33. The van der Waals surface area contributed by atoms with Crippen LogP contribution in [0, 0.1) is 0 Å². The molecular formula is C25H23ClN8O2S. The van der Waals surface area contributed by atoms with E-state index in [9.17, 15) is 4.79 Å². The van der Waals surface area contributed by atoms with Crippen LogP contribution < -0.4 is 10.1 Å². The number of nitrogens with zero attached hydrogens (tertiary/aromatic N) is 6. The maximum absolute atomic E-state index is 12.8. The second-order valence-electron chi connectivity index (χ2n) is 8.85. The number of carbonyl (C=O) groups excluding carboxylic acids is 1. The number of amides is 1. The third-order valence-corrected chi connectivity index (χ3v) is 7.70. The van der Waals surface area contributed by atoms with E-state index in [0.29, 0.717) is 20.9 Å². The maximum atomic E-state index is 12.8. The number of hydrogen-bond donors (Lipinski definition) is 2. The number of thiazole rings is 1. The predicted molar refractivity (Wildman–Crippen MR) is 141 cm³/mol. The number of para-hydroxylation sites is 1. The number of hydrogen-bond acceptors (Lipinski definition) is 8. The molecule has 10 nitrogen and oxygen atoms in total. The normalized spacial score (nSPS) is 17.7. The van der Waals surface area contributed by atoms with Crippen molar-refractivity contribution in [1.82, 2.24) is 40.0 Å². The Kier molecular flexibility index (Phi) is 6.31. The monoisotopic (exact) mass is 534 g/mol. The quantitative estimate of drug-likeness (QED) is 0.317. The van der Waals surface area contributed by atoms with Gasteiger partial charge in [-0.1, -0.05) is 35.1 Å². The maximum Gasteiger partial charge on any atom is 0.280 e. The van der Waals surface area contributed by atoms with Gasteiger partial charge in [0.25, 0.3) is 5.91 Å². The molecule has 1 saturated carbocycles. The van der Waals surface area contributed by atoms with Gasteiger partial charge in [-0.05, 0) is 43.9 Å². The summed E-state index contributed by atoms with van der Waals surface area (Å²) in [6, 6.07) is 9.91. The van der Waals surface area contributed by atoms with Gasteiger partial charge in [0, 0.05) is 12.1 Å². The molecular weight excluding hydrogens is 512 g/mol. The molecule has 1 aromatic carbocycles. The SMILES string of the molecule is COc1ccccc1-c1nc2cnc(-c3nc[nH]n3)cc2n1[C@@H]1CCC[C@H](NC(=O)c2ncc(Cl)s2)C1. The van der Waals surface area contributed by atoms with Gasteiger partial charge in [0.1, 0.15) is 33.4 Å². The summed E-state index contributed by atoms with van der Waals surface area (Å²) in [5, 5.41) is 10.5. The summed E-state index contributed by atoms with van der Waals surface area (Å²) in [4.78, 5) is 30.7. The molecule has 0 unspecified atom stereocenters. The molecule has 2 N–H and O–H groups in total. The van der Waals surface area contributed by atoms with Crippen LogP contribution in [0.4, 0.5) is 0 Å². The summed E-state index contributed by atoms with van der Waals surface area (Å²) in [5.41, 5.74) is 3.25. The van der Waals surface area contributed by atoms with Crippen molar-refractivity contribution in [3.63, 3.8) is 0 Å². The van der Waals surface area contributed by atoms with E-state index in [2.05, 4.69) is 35.0 Å². The number of halogens is 1.